The van der Waals surface area contributed by atoms with E-state index < -0.39 is 35.6 Å². The zero-order valence-electron chi connectivity index (χ0n) is 17.0. The van der Waals surface area contributed by atoms with Crippen LogP contribution in [0.1, 0.15) is 59.8 Å². The molecule has 0 amide bonds. The van der Waals surface area contributed by atoms with E-state index >= 15 is 0 Å². The highest BCUT2D eigenvalue weighted by atomic mass is 16.6. The molecule has 3 rings (SSSR count). The van der Waals surface area contributed by atoms with Crippen molar-refractivity contribution in [2.45, 2.75) is 72.0 Å². The second-order valence-electron chi connectivity index (χ2n) is 9.72. The van der Waals surface area contributed by atoms with Gasteiger partial charge in [-0.2, -0.15) is 0 Å². The molecule has 3 aliphatic carbocycles. The summed E-state index contributed by atoms with van der Waals surface area (Å²) >= 11 is 0. The number of carbonyl (C=O) groups is 2. The number of aliphatic hydroxyl groups is 2. The Morgan fingerprint density at radius 3 is 2.59 bits per heavy atom. The van der Waals surface area contributed by atoms with Crippen molar-refractivity contribution in [2.75, 3.05) is 6.61 Å². The Morgan fingerprint density at radius 2 is 2.00 bits per heavy atom. The van der Waals surface area contributed by atoms with Crippen LogP contribution in [-0.4, -0.2) is 40.8 Å². The molecule has 2 N–H and O–H groups in total. The summed E-state index contributed by atoms with van der Waals surface area (Å²) in [5.74, 6) is -0.520. The summed E-state index contributed by atoms with van der Waals surface area (Å²) in [6.45, 7) is 11.5. The fourth-order valence-electron chi connectivity index (χ4n) is 6.70. The fraction of sp³-hybridized carbons (Fsp3) is 0.818. The summed E-state index contributed by atoms with van der Waals surface area (Å²) in [6, 6.07) is 0. The van der Waals surface area contributed by atoms with E-state index in [2.05, 4.69) is 27.4 Å². The van der Waals surface area contributed by atoms with Crippen LogP contribution in [0.15, 0.2) is 12.7 Å². The molecule has 27 heavy (non-hydrogen) atoms. The van der Waals surface area contributed by atoms with Crippen LogP contribution in [0.2, 0.25) is 0 Å². The molecular formula is C22H34O5. The van der Waals surface area contributed by atoms with Crippen molar-refractivity contribution in [1.82, 2.24) is 0 Å². The molecule has 8 atom stereocenters. The van der Waals surface area contributed by atoms with Crippen molar-refractivity contribution < 1.29 is 24.5 Å². The molecule has 5 heteroatoms. The van der Waals surface area contributed by atoms with E-state index in [1.807, 2.05) is 6.92 Å². The van der Waals surface area contributed by atoms with E-state index in [9.17, 15) is 19.8 Å². The average Bonchev–Trinajstić information content (AvgIpc) is 3.00. The standard InChI is InChI=1S/C22H34O5/c1-6-20(4)11-16(27-17(25)12-23)21(5)13(2)7-9-22(14(3)19(20)26)10-8-15(24)18(21)22/h6,13-14,16,18-19,23,26H,1,7-12H2,2-5H3/t13-,14-,16+,18-,19-,20+,21+,22-/m0/s1. The first-order valence-electron chi connectivity index (χ1n) is 10.2. The predicted molar refractivity (Wildman–Crippen MR) is 102 cm³/mol. The number of hydrogen-bond acceptors (Lipinski definition) is 5. The number of hydrogen-bond donors (Lipinski definition) is 2. The van der Waals surface area contributed by atoms with E-state index in [4.69, 9.17) is 4.74 Å². The van der Waals surface area contributed by atoms with Gasteiger partial charge in [0, 0.05) is 23.2 Å². The largest absolute Gasteiger partial charge is 0.460 e. The molecule has 0 spiro atoms. The monoisotopic (exact) mass is 378 g/mol. The maximum atomic E-state index is 13.1. The molecule has 152 valence electrons. The van der Waals surface area contributed by atoms with E-state index in [0.717, 1.165) is 19.3 Å². The Hall–Kier alpha value is -1.20. The fourth-order valence-corrected chi connectivity index (χ4v) is 6.70. The quantitative estimate of drug-likeness (QED) is 0.583. The molecule has 0 aromatic rings. The lowest BCUT2D eigenvalue weighted by atomic mass is 9.44. The first kappa shape index (κ1) is 20.5. The average molecular weight is 379 g/mol. The zero-order chi connectivity index (χ0) is 20.2. The molecule has 0 radical (unpaired) electrons. The second-order valence-corrected chi connectivity index (χ2v) is 9.72. The third-order valence-corrected chi connectivity index (χ3v) is 8.70. The van der Waals surface area contributed by atoms with Crippen LogP contribution in [0.4, 0.5) is 0 Å². The van der Waals surface area contributed by atoms with E-state index in [1.54, 1.807) is 6.08 Å². The molecule has 0 aromatic carbocycles. The third-order valence-electron chi connectivity index (χ3n) is 8.70. The minimum absolute atomic E-state index is 0.0433. The van der Waals surface area contributed by atoms with Crippen molar-refractivity contribution in [3.05, 3.63) is 12.7 Å². The number of esters is 1. The maximum Gasteiger partial charge on any atom is 0.332 e. The molecular weight excluding hydrogens is 344 g/mol. The van der Waals surface area contributed by atoms with Crippen LogP contribution >= 0.6 is 0 Å². The van der Waals surface area contributed by atoms with Crippen LogP contribution in [0.3, 0.4) is 0 Å². The van der Waals surface area contributed by atoms with Gasteiger partial charge in [-0.25, -0.2) is 4.79 Å². The van der Waals surface area contributed by atoms with Gasteiger partial charge >= 0.3 is 5.97 Å². The van der Waals surface area contributed by atoms with Crippen LogP contribution in [0.25, 0.3) is 0 Å². The third kappa shape index (κ3) is 2.72. The van der Waals surface area contributed by atoms with E-state index in [0.29, 0.717) is 12.8 Å². The van der Waals surface area contributed by atoms with Crippen molar-refractivity contribution in [3.63, 3.8) is 0 Å². The molecule has 3 saturated carbocycles. The van der Waals surface area contributed by atoms with Gasteiger partial charge in [-0.05, 0) is 42.9 Å². The van der Waals surface area contributed by atoms with E-state index in [1.165, 1.54) is 0 Å². The lowest BCUT2D eigenvalue weighted by Crippen LogP contribution is -2.63. The number of ketones is 1. The lowest BCUT2D eigenvalue weighted by molar-refractivity contribution is -0.207. The second kappa shape index (κ2) is 6.70. The van der Waals surface area contributed by atoms with Gasteiger partial charge in [-0.15, -0.1) is 6.58 Å². The smallest absolute Gasteiger partial charge is 0.332 e. The van der Waals surface area contributed by atoms with Crippen molar-refractivity contribution in [2.24, 2.45) is 34.0 Å². The van der Waals surface area contributed by atoms with Crippen LogP contribution in [0.5, 0.6) is 0 Å². The summed E-state index contributed by atoms with van der Waals surface area (Å²) in [5, 5.41) is 20.6. The minimum atomic E-state index is -0.686. The predicted octanol–water partition coefficient (Wildman–Crippen LogP) is 2.89. The molecule has 3 fully saturated rings. The van der Waals surface area contributed by atoms with Gasteiger partial charge < -0.3 is 14.9 Å². The van der Waals surface area contributed by atoms with Crippen molar-refractivity contribution >= 4 is 11.8 Å². The van der Waals surface area contributed by atoms with Crippen LogP contribution in [0, 0.1) is 34.0 Å². The van der Waals surface area contributed by atoms with Gasteiger partial charge in [0.2, 0.25) is 0 Å². The summed E-state index contributed by atoms with van der Waals surface area (Å²) in [7, 11) is 0. The number of carbonyl (C=O) groups excluding carboxylic acids is 2. The van der Waals surface area contributed by atoms with Crippen molar-refractivity contribution in [3.8, 4) is 0 Å². The molecule has 0 saturated heterocycles. The van der Waals surface area contributed by atoms with Crippen LogP contribution < -0.4 is 0 Å². The molecule has 0 aliphatic heterocycles. The molecule has 2 bridgehead atoms. The van der Waals surface area contributed by atoms with Crippen molar-refractivity contribution in [1.29, 1.82) is 0 Å². The lowest BCUT2D eigenvalue weighted by Gasteiger charge is -2.61. The first-order valence-corrected chi connectivity index (χ1v) is 10.2. The zero-order valence-corrected chi connectivity index (χ0v) is 17.0. The summed E-state index contributed by atoms with van der Waals surface area (Å²) in [6.07, 6.45) is 4.10. The Kier molecular flexibility index (Phi) is 5.09. The molecule has 3 aliphatic rings. The minimum Gasteiger partial charge on any atom is -0.460 e. The normalized spacial score (nSPS) is 49.7. The molecule has 0 aromatic heterocycles. The van der Waals surface area contributed by atoms with Crippen LogP contribution in [-0.2, 0) is 14.3 Å². The highest BCUT2D eigenvalue weighted by Crippen LogP contribution is 2.67. The number of rotatable bonds is 3. The Balaban J connectivity index is 2.21. The number of ether oxygens (including phenoxy) is 1. The molecule has 0 heterocycles. The van der Waals surface area contributed by atoms with Gasteiger partial charge in [-0.1, -0.05) is 33.8 Å². The molecule has 5 nitrogen and oxygen atoms in total. The summed E-state index contributed by atoms with van der Waals surface area (Å²) in [4.78, 5) is 25.2. The molecule has 0 unspecified atom stereocenters. The Bertz CT molecular complexity index is 645. The van der Waals surface area contributed by atoms with Gasteiger partial charge in [0.1, 0.15) is 18.5 Å². The topological polar surface area (TPSA) is 83.8 Å². The first-order chi connectivity index (χ1) is 12.6. The Morgan fingerprint density at radius 1 is 1.33 bits per heavy atom. The van der Waals surface area contributed by atoms with Gasteiger partial charge in [0.05, 0.1) is 6.10 Å². The SMILES string of the molecule is C=C[C@]1(C)C[C@@H](OC(=O)CO)[C@]2(C)[C@@H]3C(=O)CC[C@@]3(CC[C@@H]2C)[C@@H](C)[C@@H]1O. The van der Waals surface area contributed by atoms with Gasteiger partial charge in [0.25, 0.3) is 0 Å². The highest BCUT2D eigenvalue weighted by molar-refractivity contribution is 5.85. The van der Waals surface area contributed by atoms with E-state index in [-0.39, 0.29) is 29.0 Å². The van der Waals surface area contributed by atoms with Gasteiger partial charge in [-0.3, -0.25) is 4.79 Å². The van der Waals surface area contributed by atoms with Gasteiger partial charge in [0.15, 0.2) is 0 Å². The number of aliphatic hydroxyl groups excluding tert-OH is 2. The maximum absolute atomic E-state index is 13.1. The Labute approximate surface area is 162 Å². The highest BCUT2D eigenvalue weighted by Gasteiger charge is 2.68. The summed E-state index contributed by atoms with van der Waals surface area (Å²) < 4.78 is 5.77. The number of Topliss-reactive ketones (excluding diaryl/α,β-unsaturated/α-hetero) is 1. The summed E-state index contributed by atoms with van der Waals surface area (Å²) in [5.41, 5.74) is -1.43.